The molecule has 7 heteroatoms. The lowest BCUT2D eigenvalue weighted by Gasteiger charge is -2.11. The molecule has 0 fully saturated rings. The number of esters is 1. The Hall–Kier alpha value is -2.99. The molecule has 0 aliphatic heterocycles. The Bertz CT molecular complexity index is 909. The second-order valence-electron chi connectivity index (χ2n) is 6.80. The summed E-state index contributed by atoms with van der Waals surface area (Å²) in [4.78, 5) is 23.8. The molecule has 0 aliphatic rings. The quantitative estimate of drug-likeness (QED) is 0.316. The summed E-state index contributed by atoms with van der Waals surface area (Å²) < 4.78 is 15.9. The van der Waals surface area contributed by atoms with Gasteiger partial charge in [-0.05, 0) is 49.6 Å². The Morgan fingerprint density at radius 2 is 1.90 bits per heavy atom. The van der Waals surface area contributed by atoms with E-state index in [9.17, 15) is 9.59 Å². The fourth-order valence-electron chi connectivity index (χ4n) is 2.80. The molecule has 0 atom stereocenters. The van der Waals surface area contributed by atoms with Crippen molar-refractivity contribution < 1.29 is 23.8 Å². The van der Waals surface area contributed by atoms with Crippen LogP contribution in [0.15, 0.2) is 42.5 Å². The Kier molecular flexibility index (Phi) is 9.91. The predicted molar refractivity (Wildman–Crippen MR) is 122 cm³/mol. The number of carbonyl (C=O) groups excluding carboxylic acids is 2. The maximum Gasteiger partial charge on any atom is 0.330 e. The van der Waals surface area contributed by atoms with Crippen molar-refractivity contribution in [2.24, 2.45) is 0 Å². The fourth-order valence-corrected chi connectivity index (χ4v) is 3.10. The average molecular weight is 446 g/mol. The van der Waals surface area contributed by atoms with Gasteiger partial charge in [-0.3, -0.25) is 4.79 Å². The normalized spacial score (nSPS) is 10.7. The minimum absolute atomic E-state index is 0.0801. The highest BCUT2D eigenvalue weighted by Gasteiger charge is 2.10. The number of rotatable bonds is 11. The predicted octanol–water partition coefficient (Wildman–Crippen LogP) is 4.36. The lowest BCUT2D eigenvalue weighted by atomic mass is 10.1. The first-order valence-corrected chi connectivity index (χ1v) is 10.5. The van der Waals surface area contributed by atoms with Crippen molar-refractivity contribution in [1.29, 1.82) is 0 Å². The van der Waals surface area contributed by atoms with Crippen LogP contribution in [0.25, 0.3) is 6.08 Å². The zero-order valence-electron chi connectivity index (χ0n) is 18.1. The van der Waals surface area contributed by atoms with Gasteiger partial charge >= 0.3 is 5.97 Å². The molecule has 31 heavy (non-hydrogen) atoms. The van der Waals surface area contributed by atoms with E-state index in [1.807, 2.05) is 38.1 Å². The average Bonchev–Trinajstić information content (AvgIpc) is 2.75. The van der Waals surface area contributed by atoms with Gasteiger partial charge in [0.2, 0.25) is 5.91 Å². The number of hydrogen-bond donors (Lipinski definition) is 1. The van der Waals surface area contributed by atoms with Crippen molar-refractivity contribution in [3.05, 3.63) is 64.2 Å². The van der Waals surface area contributed by atoms with Gasteiger partial charge in [0.05, 0.1) is 25.3 Å². The van der Waals surface area contributed by atoms with Gasteiger partial charge in [-0.2, -0.15) is 0 Å². The van der Waals surface area contributed by atoms with Crippen LogP contribution in [0.5, 0.6) is 11.5 Å². The molecule has 0 radical (unpaired) electrons. The Morgan fingerprint density at radius 3 is 2.58 bits per heavy atom. The van der Waals surface area contributed by atoms with Gasteiger partial charge in [0.25, 0.3) is 0 Å². The van der Waals surface area contributed by atoms with Gasteiger partial charge < -0.3 is 19.5 Å². The molecule has 0 aliphatic carbocycles. The first-order chi connectivity index (χ1) is 14.9. The molecule has 1 amide bonds. The monoisotopic (exact) mass is 445 g/mol. The molecule has 166 valence electrons. The van der Waals surface area contributed by atoms with E-state index in [0.29, 0.717) is 41.5 Å². The highest BCUT2D eigenvalue weighted by Crippen LogP contribution is 2.36. The van der Waals surface area contributed by atoms with Crippen LogP contribution in [-0.4, -0.2) is 38.7 Å². The molecular formula is C24H28ClNO5. The zero-order valence-corrected chi connectivity index (χ0v) is 18.8. The summed E-state index contributed by atoms with van der Waals surface area (Å²) in [5.74, 6) is 0.350. The van der Waals surface area contributed by atoms with Crippen molar-refractivity contribution in [3.63, 3.8) is 0 Å². The van der Waals surface area contributed by atoms with Crippen molar-refractivity contribution in [2.75, 3.05) is 26.9 Å². The standard InChI is InChI=1S/C24H28ClNO5/c1-4-30-21-16-19(15-20(25)24(21)29-3)10-12-23(28)31-14-13-26-22(27)11-9-18-7-5-17(2)6-8-18/h5-8,10,12,15-16H,4,9,11,13-14H2,1-3H3,(H,26,27)/b12-10+. The molecule has 0 bridgehead atoms. The van der Waals surface area contributed by atoms with Crippen molar-refractivity contribution >= 4 is 29.6 Å². The first kappa shape index (κ1) is 24.3. The van der Waals surface area contributed by atoms with Crippen LogP contribution in [0.1, 0.15) is 30.0 Å². The summed E-state index contributed by atoms with van der Waals surface area (Å²) in [7, 11) is 1.51. The van der Waals surface area contributed by atoms with E-state index in [4.69, 9.17) is 25.8 Å². The van der Waals surface area contributed by atoms with Crippen LogP contribution in [-0.2, 0) is 20.7 Å². The lowest BCUT2D eigenvalue weighted by Crippen LogP contribution is -2.28. The number of hydrogen-bond acceptors (Lipinski definition) is 5. The zero-order chi connectivity index (χ0) is 22.6. The smallest absolute Gasteiger partial charge is 0.330 e. The van der Waals surface area contributed by atoms with Crippen LogP contribution in [0.3, 0.4) is 0 Å². The second kappa shape index (κ2) is 12.6. The van der Waals surface area contributed by atoms with Crippen LogP contribution in [0.2, 0.25) is 5.02 Å². The minimum atomic E-state index is -0.515. The van der Waals surface area contributed by atoms with Crippen LogP contribution < -0.4 is 14.8 Å². The number of halogens is 1. The number of ether oxygens (including phenoxy) is 3. The molecular weight excluding hydrogens is 418 g/mol. The van der Waals surface area contributed by atoms with Crippen molar-refractivity contribution in [1.82, 2.24) is 5.32 Å². The van der Waals surface area contributed by atoms with Crippen LogP contribution in [0, 0.1) is 6.92 Å². The fraction of sp³-hybridized carbons (Fsp3) is 0.333. The largest absolute Gasteiger partial charge is 0.491 e. The molecule has 2 aromatic carbocycles. The van der Waals surface area contributed by atoms with E-state index in [1.54, 1.807) is 18.2 Å². The molecule has 1 N–H and O–H groups in total. The van der Waals surface area contributed by atoms with Gasteiger partial charge in [0.1, 0.15) is 6.61 Å². The van der Waals surface area contributed by atoms with Crippen molar-refractivity contribution in [3.8, 4) is 11.5 Å². The van der Waals surface area contributed by atoms with Crippen LogP contribution >= 0.6 is 11.6 Å². The molecule has 6 nitrogen and oxygen atoms in total. The van der Waals surface area contributed by atoms with E-state index in [0.717, 1.165) is 5.56 Å². The van der Waals surface area contributed by atoms with E-state index >= 15 is 0 Å². The number of nitrogens with one attached hydrogen (secondary N) is 1. The molecule has 0 saturated heterocycles. The Balaban J connectivity index is 1.73. The molecule has 0 aromatic heterocycles. The minimum Gasteiger partial charge on any atom is -0.491 e. The Labute approximate surface area is 188 Å². The number of benzene rings is 2. The van der Waals surface area contributed by atoms with Crippen LogP contribution in [0.4, 0.5) is 0 Å². The van der Waals surface area contributed by atoms with E-state index in [1.165, 1.54) is 18.7 Å². The number of amides is 1. The topological polar surface area (TPSA) is 73.9 Å². The van der Waals surface area contributed by atoms with E-state index in [-0.39, 0.29) is 19.1 Å². The molecule has 0 spiro atoms. The summed E-state index contributed by atoms with van der Waals surface area (Å²) >= 11 is 6.19. The first-order valence-electron chi connectivity index (χ1n) is 10.1. The lowest BCUT2D eigenvalue weighted by molar-refractivity contribution is -0.138. The van der Waals surface area contributed by atoms with Gasteiger partial charge in [-0.1, -0.05) is 41.4 Å². The second-order valence-corrected chi connectivity index (χ2v) is 7.21. The van der Waals surface area contributed by atoms with Gasteiger partial charge in [0.15, 0.2) is 11.5 Å². The highest BCUT2D eigenvalue weighted by molar-refractivity contribution is 6.32. The molecule has 2 aromatic rings. The number of aryl methyl sites for hydroxylation is 2. The Morgan fingerprint density at radius 1 is 1.16 bits per heavy atom. The number of carbonyl (C=O) groups is 2. The maximum absolute atomic E-state index is 11.9. The summed E-state index contributed by atoms with van der Waals surface area (Å²) in [6, 6.07) is 11.5. The van der Waals surface area contributed by atoms with Gasteiger partial charge in [0, 0.05) is 12.5 Å². The van der Waals surface area contributed by atoms with E-state index in [2.05, 4.69) is 5.32 Å². The van der Waals surface area contributed by atoms with Crippen molar-refractivity contribution in [2.45, 2.75) is 26.7 Å². The van der Waals surface area contributed by atoms with Gasteiger partial charge in [-0.15, -0.1) is 0 Å². The SMILES string of the molecule is CCOc1cc(/C=C/C(=O)OCCNC(=O)CCc2ccc(C)cc2)cc(Cl)c1OC. The summed E-state index contributed by atoms with van der Waals surface area (Å²) in [6.07, 6.45) is 3.93. The molecule has 0 unspecified atom stereocenters. The molecule has 0 heterocycles. The summed E-state index contributed by atoms with van der Waals surface area (Å²) in [6.45, 7) is 4.69. The number of methoxy groups -OCH3 is 1. The third-order valence-electron chi connectivity index (χ3n) is 4.38. The summed E-state index contributed by atoms with van der Waals surface area (Å²) in [5.41, 5.74) is 2.98. The maximum atomic E-state index is 11.9. The third kappa shape index (κ3) is 8.34. The molecule has 0 saturated carbocycles. The highest BCUT2D eigenvalue weighted by atomic mass is 35.5. The summed E-state index contributed by atoms with van der Waals surface area (Å²) in [5, 5.41) is 3.13. The third-order valence-corrected chi connectivity index (χ3v) is 4.66. The molecule has 2 rings (SSSR count). The van der Waals surface area contributed by atoms with E-state index < -0.39 is 5.97 Å². The van der Waals surface area contributed by atoms with Gasteiger partial charge in [-0.25, -0.2) is 4.79 Å².